The summed E-state index contributed by atoms with van der Waals surface area (Å²) in [4.78, 5) is 28.6. The van der Waals surface area contributed by atoms with Crippen LogP contribution in [0.2, 0.25) is 0 Å². The molecule has 0 aliphatic rings. The molecule has 0 saturated carbocycles. The van der Waals surface area contributed by atoms with Crippen LogP contribution in [-0.2, 0) is 4.74 Å². The second kappa shape index (κ2) is 14.0. The van der Waals surface area contributed by atoms with Gasteiger partial charge in [-0.25, -0.2) is 4.79 Å². The van der Waals surface area contributed by atoms with Crippen LogP contribution in [0.1, 0.15) is 59.7 Å². The molecule has 0 unspecified atom stereocenters. The summed E-state index contributed by atoms with van der Waals surface area (Å²) in [6.45, 7) is 8.94. The summed E-state index contributed by atoms with van der Waals surface area (Å²) in [7, 11) is -3.07. The number of esters is 1. The molecule has 8 heteroatoms. The van der Waals surface area contributed by atoms with Crippen LogP contribution < -0.4 is 26.0 Å². The van der Waals surface area contributed by atoms with Gasteiger partial charge in [0, 0.05) is 0 Å². The van der Waals surface area contributed by atoms with Gasteiger partial charge in [0.15, 0.2) is 18.6 Å². The predicted octanol–water partition coefficient (Wildman–Crippen LogP) is 6.78. The molecule has 7 nitrogen and oxygen atoms in total. The Hall–Kier alpha value is -5.22. The molecule has 0 aliphatic carbocycles. The molecule has 5 rings (SSSR count). The van der Waals surface area contributed by atoms with Crippen LogP contribution >= 0.6 is 7.26 Å². The minimum Gasteiger partial charge on any atom is -0.507 e. The third-order valence-corrected chi connectivity index (χ3v) is 11.8. The zero-order valence-corrected chi connectivity index (χ0v) is 27.9. The summed E-state index contributed by atoms with van der Waals surface area (Å²) in [6, 6.07) is 34.1. The number of hydrogen-bond acceptors (Lipinski definition) is 7. The monoisotopic (exact) mass is 646 g/mol. The van der Waals surface area contributed by atoms with Crippen LogP contribution in [0, 0.1) is 12.3 Å². The molecule has 0 radical (unpaired) electrons. The van der Waals surface area contributed by atoms with Gasteiger partial charge in [-0.3, -0.25) is 10.2 Å². The number of aryl methyl sites for hydroxylation is 1. The maximum atomic E-state index is 14.5. The Balaban J connectivity index is 1.99. The molecule has 5 aromatic rings. The van der Waals surface area contributed by atoms with E-state index in [1.54, 1.807) is 26.8 Å². The highest BCUT2D eigenvalue weighted by molar-refractivity contribution is 8.01. The van der Waals surface area contributed by atoms with Crippen LogP contribution in [-0.4, -0.2) is 34.9 Å². The van der Waals surface area contributed by atoms with Crippen molar-refractivity contribution in [3.05, 3.63) is 132 Å². The van der Waals surface area contributed by atoms with E-state index in [2.05, 4.69) is 5.87 Å². The summed E-state index contributed by atoms with van der Waals surface area (Å²) in [6.07, 6.45) is -0.913. The number of aromatic hydroxyl groups is 1. The number of ketones is 1. The molecular weight excluding hydrogens is 609 g/mol. The molecule has 1 heterocycles. The first-order chi connectivity index (χ1) is 22.6. The number of phenols is 1. The third kappa shape index (κ3) is 6.41. The first-order valence-corrected chi connectivity index (χ1v) is 17.1. The van der Waals surface area contributed by atoms with E-state index >= 15 is 0 Å². The molecule has 0 amide bonds. The Bertz CT molecular complexity index is 1850. The number of ether oxygens (including phenoxy) is 2. The first kappa shape index (κ1) is 33.2. The van der Waals surface area contributed by atoms with E-state index in [-0.39, 0.29) is 34.2 Å². The molecule has 0 aliphatic heterocycles. The summed E-state index contributed by atoms with van der Waals surface area (Å²) < 4.78 is 18.7. The van der Waals surface area contributed by atoms with Gasteiger partial charge >= 0.3 is 11.9 Å². The van der Waals surface area contributed by atoms with Crippen molar-refractivity contribution in [3.63, 3.8) is 0 Å². The smallest absolute Gasteiger partial charge is 0.346 e. The van der Waals surface area contributed by atoms with Crippen molar-refractivity contribution < 1.29 is 28.6 Å². The van der Waals surface area contributed by atoms with Crippen LogP contribution in [0.3, 0.4) is 0 Å². The van der Waals surface area contributed by atoms with Gasteiger partial charge in [0.2, 0.25) is 11.1 Å². The Morgan fingerprint density at radius 3 is 1.74 bits per heavy atom. The van der Waals surface area contributed by atoms with E-state index in [0.717, 1.165) is 21.5 Å². The Labute approximate surface area is 275 Å². The number of allylic oxidation sites excluding steroid dienone is 1. The molecule has 238 valence electrons. The largest absolute Gasteiger partial charge is 0.507 e. The van der Waals surface area contributed by atoms with Crippen molar-refractivity contribution in [1.29, 1.82) is 5.41 Å². The number of nitrogens with one attached hydrogen (secondary N) is 1. The fraction of sp³-hybridized carbons (Fsp3) is 0.179. The number of carbonyl (C=O) groups is 2. The summed E-state index contributed by atoms with van der Waals surface area (Å²) in [5.74, 6) is 0.304. The number of Topliss-reactive ketones (excluding diaryl/α,β-unsaturated/α-hetero) is 1. The quantitative estimate of drug-likeness (QED) is 0.0539. The number of furan rings is 1. The van der Waals surface area contributed by atoms with Gasteiger partial charge in [-0.1, -0.05) is 66.2 Å². The molecule has 0 atom stereocenters. The lowest BCUT2D eigenvalue weighted by Gasteiger charge is -2.28. The maximum Gasteiger partial charge on any atom is 0.346 e. The number of carbonyl (C=O) groups excluding carboxylic acids is 2. The van der Waals surface area contributed by atoms with E-state index in [0.29, 0.717) is 5.30 Å². The van der Waals surface area contributed by atoms with Gasteiger partial charge in [-0.2, -0.15) is 0 Å². The van der Waals surface area contributed by atoms with Crippen LogP contribution in [0.4, 0.5) is 0 Å². The highest BCUT2D eigenvalue weighted by atomic mass is 31.2. The molecular formula is C39H37NO6P+. The summed E-state index contributed by atoms with van der Waals surface area (Å²) in [5, 5.41) is 22.1. The van der Waals surface area contributed by atoms with E-state index in [9.17, 15) is 14.7 Å². The minimum absolute atomic E-state index is 0.0320. The lowest BCUT2D eigenvalue weighted by Crippen LogP contribution is -2.41. The average Bonchev–Trinajstić information content (AvgIpc) is 3.42. The minimum atomic E-state index is -3.07. The third-order valence-electron chi connectivity index (χ3n) is 7.48. The molecule has 4 aromatic carbocycles. The fourth-order valence-corrected chi connectivity index (χ4v) is 10.0. The van der Waals surface area contributed by atoms with Crippen molar-refractivity contribution in [3.8, 4) is 11.7 Å². The van der Waals surface area contributed by atoms with Gasteiger partial charge in [-0.15, -0.1) is 0 Å². The highest BCUT2D eigenvalue weighted by Gasteiger charge is 2.56. The average molecular weight is 647 g/mol. The SMILES string of the molecule is Cc1ccc(O)c(C(=O)C(=C=N)c2oc(OC(C)C)c([P+](c3ccccc3)(c3ccccc3)c3ccccc3)c2C(=O)OC(C)C)c1. The second-order valence-electron chi connectivity index (χ2n) is 11.6. The molecule has 47 heavy (non-hydrogen) atoms. The molecule has 0 fully saturated rings. The Kier molecular flexibility index (Phi) is 9.91. The highest BCUT2D eigenvalue weighted by Crippen LogP contribution is 2.58. The number of phenolic OH excluding ortho intramolecular Hbond substituents is 1. The fourth-order valence-electron chi connectivity index (χ4n) is 5.61. The molecule has 2 N–H and O–H groups in total. The lowest BCUT2D eigenvalue weighted by atomic mass is 9.98. The predicted molar refractivity (Wildman–Crippen MR) is 188 cm³/mol. The van der Waals surface area contributed by atoms with Gasteiger partial charge in [0.1, 0.15) is 27.2 Å². The van der Waals surface area contributed by atoms with Crippen LogP contribution in [0.25, 0.3) is 5.57 Å². The Morgan fingerprint density at radius 1 is 0.787 bits per heavy atom. The topological polar surface area (TPSA) is 110 Å². The maximum absolute atomic E-state index is 14.5. The van der Waals surface area contributed by atoms with Gasteiger partial charge < -0.3 is 19.0 Å². The first-order valence-electron chi connectivity index (χ1n) is 15.3. The van der Waals surface area contributed by atoms with Crippen LogP contribution in [0.5, 0.6) is 11.7 Å². The zero-order chi connectivity index (χ0) is 33.7. The van der Waals surface area contributed by atoms with Crippen molar-refractivity contribution in [2.75, 3.05) is 0 Å². The van der Waals surface area contributed by atoms with Crippen LogP contribution in [0.15, 0.2) is 114 Å². The Morgan fingerprint density at radius 2 is 1.30 bits per heavy atom. The second-order valence-corrected chi connectivity index (χ2v) is 14.9. The molecule has 0 spiro atoms. The van der Waals surface area contributed by atoms with Gasteiger partial charge in [0.05, 0.1) is 17.8 Å². The lowest BCUT2D eigenvalue weighted by molar-refractivity contribution is 0.0378. The van der Waals surface area contributed by atoms with E-state index in [1.165, 1.54) is 12.1 Å². The zero-order valence-electron chi connectivity index (χ0n) is 27.0. The summed E-state index contributed by atoms with van der Waals surface area (Å²) in [5.41, 5.74) is 0.284. The van der Waals surface area contributed by atoms with Crippen molar-refractivity contribution >= 4 is 51.7 Å². The normalized spacial score (nSPS) is 11.3. The number of rotatable bonds is 11. The van der Waals surface area contributed by atoms with E-state index < -0.39 is 31.2 Å². The van der Waals surface area contributed by atoms with Crippen molar-refractivity contribution in [2.45, 2.75) is 46.8 Å². The van der Waals surface area contributed by atoms with Gasteiger partial charge in [-0.05, 0) is 89.0 Å². The molecule has 1 aromatic heterocycles. The summed E-state index contributed by atoms with van der Waals surface area (Å²) >= 11 is 0. The molecule has 0 saturated heterocycles. The van der Waals surface area contributed by atoms with E-state index in [1.807, 2.05) is 105 Å². The van der Waals surface area contributed by atoms with E-state index in [4.69, 9.17) is 19.3 Å². The number of benzene rings is 4. The van der Waals surface area contributed by atoms with Crippen molar-refractivity contribution in [2.24, 2.45) is 0 Å². The number of hydrogen-bond donors (Lipinski definition) is 2. The van der Waals surface area contributed by atoms with Crippen molar-refractivity contribution in [1.82, 2.24) is 0 Å². The molecule has 0 bridgehead atoms. The standard InChI is InChI=1S/C39H36NO6P/c1-25(2)44-38(43)34-36(32(24-40)35(42)31-23-27(5)21-22-33(31)41)46-39(45-26(3)4)37(34)47(28-15-9-6-10-16-28,29-17-11-7-12-18-29)30-19-13-8-14-20-30/h6-23,25-26,40H,1-5H3/p+1. The van der Waals surface area contributed by atoms with Gasteiger partial charge in [0.25, 0.3) is 0 Å².